The van der Waals surface area contributed by atoms with Crippen molar-refractivity contribution < 1.29 is 27.8 Å². The molecule has 6 nitrogen and oxygen atoms in total. The number of hydrogen-bond donors (Lipinski definition) is 1. The lowest BCUT2D eigenvalue weighted by molar-refractivity contribution is -0.250. The number of halogens is 4. The van der Waals surface area contributed by atoms with Crippen molar-refractivity contribution in [1.82, 2.24) is 14.7 Å². The number of aliphatic hydroxyl groups is 1. The lowest BCUT2D eigenvalue weighted by Gasteiger charge is -2.36. The molecule has 0 saturated carbocycles. The summed E-state index contributed by atoms with van der Waals surface area (Å²) >= 11 is 6.19. The van der Waals surface area contributed by atoms with Gasteiger partial charge < -0.3 is 14.7 Å². The Kier molecular flexibility index (Phi) is 5.82. The first-order chi connectivity index (χ1) is 13.6. The van der Waals surface area contributed by atoms with Gasteiger partial charge in [-0.15, -0.1) is 0 Å². The highest BCUT2D eigenvalue weighted by atomic mass is 35.5. The third-order valence-electron chi connectivity index (χ3n) is 5.22. The molecular weight excluding hydrogens is 411 g/mol. The van der Waals surface area contributed by atoms with E-state index in [1.54, 1.807) is 29.1 Å². The maximum Gasteiger partial charge on any atom is 0.426 e. The molecule has 1 N–H and O–H groups in total. The van der Waals surface area contributed by atoms with Gasteiger partial charge >= 0.3 is 6.18 Å². The largest absolute Gasteiger partial charge is 0.495 e. The summed E-state index contributed by atoms with van der Waals surface area (Å²) in [5.41, 5.74) is -1.78. The summed E-state index contributed by atoms with van der Waals surface area (Å²) in [4.78, 5) is 13.2. The van der Waals surface area contributed by atoms with Gasteiger partial charge in [-0.1, -0.05) is 11.6 Å². The molecule has 0 bridgehead atoms. The zero-order valence-electron chi connectivity index (χ0n) is 15.9. The molecule has 1 aromatic carbocycles. The number of methoxy groups -OCH3 is 1. The summed E-state index contributed by atoms with van der Waals surface area (Å²) in [6.07, 6.45) is -2.48. The highest BCUT2D eigenvalue weighted by Crippen LogP contribution is 2.35. The second-order valence-electron chi connectivity index (χ2n) is 7.12. The summed E-state index contributed by atoms with van der Waals surface area (Å²) in [5, 5.41) is 14.4. The van der Waals surface area contributed by atoms with Crippen molar-refractivity contribution in [2.75, 3.05) is 20.2 Å². The van der Waals surface area contributed by atoms with E-state index >= 15 is 0 Å². The maximum absolute atomic E-state index is 12.9. The van der Waals surface area contributed by atoms with Crippen LogP contribution in [0.4, 0.5) is 13.2 Å². The molecular formula is C19H21ClF3N3O3. The SMILES string of the molecule is COc1ccc(-n2nccc2C2CCN(C(=O)C(C)(O)C(F)(F)F)CC2)cc1Cl. The molecule has 2 heterocycles. The van der Waals surface area contributed by atoms with Crippen LogP contribution in [0, 0.1) is 0 Å². The van der Waals surface area contributed by atoms with E-state index in [1.165, 1.54) is 7.11 Å². The number of piperidine rings is 1. The first-order valence-corrected chi connectivity index (χ1v) is 9.40. The van der Waals surface area contributed by atoms with Gasteiger partial charge in [0, 0.05) is 30.9 Å². The van der Waals surface area contributed by atoms with E-state index in [4.69, 9.17) is 16.3 Å². The van der Waals surface area contributed by atoms with E-state index in [2.05, 4.69) is 5.10 Å². The fourth-order valence-electron chi connectivity index (χ4n) is 3.43. The molecule has 1 aliphatic rings. The Bertz CT molecular complexity index is 890. The van der Waals surface area contributed by atoms with Crippen LogP contribution in [0.5, 0.6) is 5.75 Å². The zero-order valence-corrected chi connectivity index (χ0v) is 16.7. The number of carbonyl (C=O) groups is 1. The summed E-state index contributed by atoms with van der Waals surface area (Å²) in [5.74, 6) is -0.787. The van der Waals surface area contributed by atoms with Crippen LogP contribution < -0.4 is 4.74 Å². The van der Waals surface area contributed by atoms with E-state index in [-0.39, 0.29) is 19.0 Å². The quantitative estimate of drug-likeness (QED) is 0.804. The Morgan fingerprint density at radius 2 is 1.93 bits per heavy atom. The van der Waals surface area contributed by atoms with Crippen LogP contribution in [-0.2, 0) is 4.79 Å². The highest BCUT2D eigenvalue weighted by Gasteiger charge is 2.57. The summed E-state index contributed by atoms with van der Waals surface area (Å²) in [6.45, 7) is 0.721. The Morgan fingerprint density at radius 3 is 2.48 bits per heavy atom. The number of alkyl halides is 3. The smallest absolute Gasteiger partial charge is 0.426 e. The molecule has 1 unspecified atom stereocenters. The van der Waals surface area contributed by atoms with Gasteiger partial charge in [-0.3, -0.25) is 4.79 Å². The van der Waals surface area contributed by atoms with Gasteiger partial charge in [0.25, 0.3) is 5.91 Å². The number of rotatable bonds is 4. The third kappa shape index (κ3) is 4.06. The van der Waals surface area contributed by atoms with Gasteiger partial charge in [0.2, 0.25) is 5.60 Å². The second kappa shape index (κ2) is 7.87. The van der Waals surface area contributed by atoms with Gasteiger partial charge in [-0.25, -0.2) is 4.68 Å². The van der Waals surface area contributed by atoms with Crippen molar-refractivity contribution >= 4 is 17.5 Å². The number of ether oxygens (including phenoxy) is 1. The standard InChI is InChI=1S/C19H21ClF3N3O3/c1-18(28,19(21,22)23)17(27)25-9-6-12(7-10-25)15-5-8-24-26(15)13-3-4-16(29-2)14(20)11-13/h3-5,8,11-12,28H,6-7,9-10H2,1-2H3. The number of aromatic nitrogens is 2. The third-order valence-corrected chi connectivity index (χ3v) is 5.52. The van der Waals surface area contributed by atoms with Gasteiger partial charge in [0.15, 0.2) is 0 Å². The molecule has 0 aliphatic carbocycles. The molecule has 1 atom stereocenters. The minimum absolute atomic E-state index is 0.00161. The monoisotopic (exact) mass is 431 g/mol. The summed E-state index contributed by atoms with van der Waals surface area (Å²) in [6, 6.07) is 7.09. The topological polar surface area (TPSA) is 67.6 Å². The minimum atomic E-state index is -5.02. The predicted molar refractivity (Wildman–Crippen MR) is 100 cm³/mol. The van der Waals surface area contributed by atoms with Crippen molar-refractivity contribution in [2.45, 2.75) is 37.5 Å². The van der Waals surface area contributed by atoms with Crippen molar-refractivity contribution in [2.24, 2.45) is 0 Å². The molecule has 2 aromatic rings. The average Bonchev–Trinajstić information content (AvgIpc) is 3.16. The van der Waals surface area contributed by atoms with Crippen LogP contribution in [0.1, 0.15) is 31.4 Å². The van der Waals surface area contributed by atoms with Crippen LogP contribution in [0.3, 0.4) is 0 Å². The van der Waals surface area contributed by atoms with Crippen LogP contribution in [0.25, 0.3) is 5.69 Å². The van der Waals surface area contributed by atoms with Crippen LogP contribution in [0.15, 0.2) is 30.5 Å². The number of benzene rings is 1. The lowest BCUT2D eigenvalue weighted by Crippen LogP contribution is -2.57. The highest BCUT2D eigenvalue weighted by molar-refractivity contribution is 6.32. The molecule has 1 aromatic heterocycles. The second-order valence-corrected chi connectivity index (χ2v) is 7.53. The van der Waals surface area contributed by atoms with Crippen molar-refractivity contribution in [3.05, 3.63) is 41.2 Å². The van der Waals surface area contributed by atoms with Gasteiger partial charge in [-0.2, -0.15) is 18.3 Å². The summed E-state index contributed by atoms with van der Waals surface area (Å²) in [7, 11) is 1.52. The first-order valence-electron chi connectivity index (χ1n) is 9.02. The van der Waals surface area contributed by atoms with Gasteiger partial charge in [-0.05, 0) is 44.0 Å². The van der Waals surface area contributed by atoms with E-state index in [0.29, 0.717) is 30.5 Å². The van der Waals surface area contributed by atoms with E-state index < -0.39 is 17.7 Å². The fraction of sp³-hybridized carbons (Fsp3) is 0.474. The molecule has 29 heavy (non-hydrogen) atoms. The predicted octanol–water partition coefficient (Wildman–Crippen LogP) is 3.55. The molecule has 0 spiro atoms. The molecule has 1 aliphatic heterocycles. The number of likely N-dealkylation sites (tertiary alicyclic amines) is 1. The Morgan fingerprint density at radius 1 is 1.28 bits per heavy atom. The van der Waals surface area contributed by atoms with E-state index in [0.717, 1.165) is 16.3 Å². The minimum Gasteiger partial charge on any atom is -0.495 e. The first kappa shape index (κ1) is 21.4. The Hall–Kier alpha value is -2.26. The Labute approximate surface area is 170 Å². The number of carbonyl (C=O) groups excluding carboxylic acids is 1. The number of amides is 1. The van der Waals surface area contributed by atoms with Crippen molar-refractivity contribution in [1.29, 1.82) is 0 Å². The van der Waals surface area contributed by atoms with Crippen molar-refractivity contribution in [3.8, 4) is 11.4 Å². The molecule has 158 valence electrons. The van der Waals surface area contributed by atoms with Crippen LogP contribution >= 0.6 is 11.6 Å². The van der Waals surface area contributed by atoms with Crippen LogP contribution in [0.2, 0.25) is 5.02 Å². The van der Waals surface area contributed by atoms with E-state index in [9.17, 15) is 23.1 Å². The number of hydrogen-bond acceptors (Lipinski definition) is 4. The number of nitrogens with zero attached hydrogens (tertiary/aromatic N) is 3. The summed E-state index contributed by atoms with van der Waals surface area (Å²) < 4.78 is 45.7. The van der Waals surface area contributed by atoms with Crippen LogP contribution in [-0.4, -0.2) is 57.7 Å². The normalized spacial score (nSPS) is 17.8. The van der Waals surface area contributed by atoms with E-state index in [1.807, 2.05) is 6.07 Å². The molecule has 0 radical (unpaired) electrons. The molecule has 1 amide bonds. The molecule has 1 fully saturated rings. The average molecular weight is 432 g/mol. The molecule has 10 heteroatoms. The molecule has 3 rings (SSSR count). The van der Waals surface area contributed by atoms with Gasteiger partial charge in [0.05, 0.1) is 17.8 Å². The lowest BCUT2D eigenvalue weighted by atomic mass is 9.92. The zero-order chi connectivity index (χ0) is 21.4. The molecule has 1 saturated heterocycles. The fourth-order valence-corrected chi connectivity index (χ4v) is 3.68. The van der Waals surface area contributed by atoms with Crippen molar-refractivity contribution in [3.63, 3.8) is 0 Å². The Balaban J connectivity index is 1.74. The maximum atomic E-state index is 12.9. The van der Waals surface area contributed by atoms with Gasteiger partial charge in [0.1, 0.15) is 5.75 Å².